The minimum Gasteiger partial charge on any atom is -0.384 e. The number of benzene rings is 1. The molecule has 0 aliphatic rings. The summed E-state index contributed by atoms with van der Waals surface area (Å²) in [7, 11) is -3.68. The lowest BCUT2D eigenvalue weighted by Gasteiger charge is -2.07. The lowest BCUT2D eigenvalue weighted by molar-refractivity contribution is -0.121. The van der Waals surface area contributed by atoms with Gasteiger partial charge in [0.05, 0.1) is 10.6 Å². The van der Waals surface area contributed by atoms with Crippen LogP contribution >= 0.6 is 0 Å². The monoisotopic (exact) mass is 337 g/mol. The number of carbonyl (C=O) groups excluding carboxylic acids is 1. The quantitative estimate of drug-likeness (QED) is 0.670. The summed E-state index contributed by atoms with van der Waals surface area (Å²) >= 11 is 0. The summed E-state index contributed by atoms with van der Waals surface area (Å²) in [5, 5.41) is 11.9. The summed E-state index contributed by atoms with van der Waals surface area (Å²) in [5.41, 5.74) is 7.37. The zero-order valence-corrected chi connectivity index (χ0v) is 13.5. The molecule has 8 nitrogen and oxygen atoms in total. The lowest BCUT2D eigenvalue weighted by atomic mass is 10.1. The van der Waals surface area contributed by atoms with E-state index < -0.39 is 10.0 Å². The average molecular weight is 337 g/mol. The van der Waals surface area contributed by atoms with E-state index in [2.05, 4.69) is 10.4 Å². The van der Waals surface area contributed by atoms with Crippen LogP contribution in [0.25, 0.3) is 0 Å². The Morgan fingerprint density at radius 3 is 2.48 bits per heavy atom. The fourth-order valence-electron chi connectivity index (χ4n) is 2.08. The molecule has 0 atom stereocenters. The van der Waals surface area contributed by atoms with Gasteiger partial charge in [-0.2, -0.15) is 5.10 Å². The van der Waals surface area contributed by atoms with Crippen molar-refractivity contribution in [1.29, 1.82) is 0 Å². The average Bonchev–Trinajstić information content (AvgIpc) is 2.76. The molecule has 5 N–H and O–H groups in total. The SMILES string of the molecule is Cc1cc(N)n(CC(=O)NCCc2ccc(S(N)(=O)=O)cc2)n1. The van der Waals surface area contributed by atoms with E-state index in [1.807, 2.05) is 0 Å². The molecule has 0 aliphatic heterocycles. The zero-order chi connectivity index (χ0) is 17.0. The number of nitrogen functional groups attached to an aromatic ring is 1. The number of hydrogen-bond donors (Lipinski definition) is 3. The molecule has 0 fully saturated rings. The standard InChI is InChI=1S/C14H19N5O3S/c1-10-8-13(15)19(18-10)9-14(20)17-7-6-11-2-4-12(5-3-11)23(16,21)22/h2-5,8H,6-7,9,15H2,1H3,(H,17,20)(H2,16,21,22). The van der Waals surface area contributed by atoms with E-state index in [0.29, 0.717) is 18.8 Å². The molecule has 23 heavy (non-hydrogen) atoms. The van der Waals surface area contributed by atoms with Crippen LogP contribution in [0.3, 0.4) is 0 Å². The number of nitrogens with one attached hydrogen (secondary N) is 1. The minimum absolute atomic E-state index is 0.0596. The molecule has 1 aromatic heterocycles. The highest BCUT2D eigenvalue weighted by atomic mass is 32.2. The smallest absolute Gasteiger partial charge is 0.241 e. The number of carbonyl (C=O) groups is 1. The number of amides is 1. The van der Waals surface area contributed by atoms with Gasteiger partial charge in [-0.3, -0.25) is 4.79 Å². The molecule has 0 spiro atoms. The highest BCUT2D eigenvalue weighted by molar-refractivity contribution is 7.89. The molecule has 1 amide bonds. The van der Waals surface area contributed by atoms with Gasteiger partial charge < -0.3 is 11.1 Å². The van der Waals surface area contributed by atoms with Gasteiger partial charge in [0, 0.05) is 12.6 Å². The molecule has 1 aromatic carbocycles. The third-order valence-electron chi connectivity index (χ3n) is 3.21. The number of aryl methyl sites for hydroxylation is 1. The topological polar surface area (TPSA) is 133 Å². The third kappa shape index (κ3) is 4.80. The Hall–Kier alpha value is -2.39. The van der Waals surface area contributed by atoms with E-state index in [1.54, 1.807) is 25.1 Å². The number of primary sulfonamides is 1. The van der Waals surface area contributed by atoms with E-state index in [1.165, 1.54) is 16.8 Å². The van der Waals surface area contributed by atoms with Crippen LogP contribution in [0.15, 0.2) is 35.2 Å². The van der Waals surface area contributed by atoms with E-state index in [-0.39, 0.29) is 17.3 Å². The fraction of sp³-hybridized carbons (Fsp3) is 0.286. The van der Waals surface area contributed by atoms with Crippen LogP contribution in [-0.2, 0) is 27.8 Å². The van der Waals surface area contributed by atoms with E-state index in [4.69, 9.17) is 10.9 Å². The van der Waals surface area contributed by atoms with Gasteiger partial charge in [-0.15, -0.1) is 0 Å². The number of rotatable bonds is 6. The second-order valence-corrected chi connectivity index (χ2v) is 6.72. The summed E-state index contributed by atoms with van der Waals surface area (Å²) in [6.07, 6.45) is 0.574. The maximum Gasteiger partial charge on any atom is 0.241 e. The maximum atomic E-state index is 11.8. The summed E-state index contributed by atoms with van der Waals surface area (Å²) in [5.74, 6) is 0.247. The highest BCUT2D eigenvalue weighted by Gasteiger charge is 2.08. The van der Waals surface area contributed by atoms with E-state index >= 15 is 0 Å². The van der Waals surface area contributed by atoms with E-state index in [0.717, 1.165) is 11.3 Å². The van der Waals surface area contributed by atoms with Crippen LogP contribution in [0.2, 0.25) is 0 Å². The van der Waals surface area contributed by atoms with Crippen molar-refractivity contribution in [3.8, 4) is 0 Å². The molecule has 1 heterocycles. The Morgan fingerprint density at radius 2 is 1.96 bits per heavy atom. The van der Waals surface area contributed by atoms with Crippen LogP contribution in [-0.4, -0.2) is 30.7 Å². The van der Waals surface area contributed by atoms with Gasteiger partial charge in [0.15, 0.2) is 0 Å². The Labute approximate surface area is 134 Å². The van der Waals surface area contributed by atoms with Crippen molar-refractivity contribution in [2.24, 2.45) is 5.14 Å². The molecule has 124 valence electrons. The summed E-state index contributed by atoms with van der Waals surface area (Å²) < 4.78 is 23.7. The molecular weight excluding hydrogens is 318 g/mol. The second kappa shape index (κ2) is 6.80. The van der Waals surface area contributed by atoms with Crippen LogP contribution < -0.4 is 16.2 Å². The van der Waals surface area contributed by atoms with Gasteiger partial charge >= 0.3 is 0 Å². The van der Waals surface area contributed by atoms with Gasteiger partial charge in [0.2, 0.25) is 15.9 Å². The van der Waals surface area contributed by atoms with Gasteiger partial charge in [-0.1, -0.05) is 12.1 Å². The molecule has 0 aliphatic carbocycles. The predicted octanol–water partition coefficient (Wildman–Crippen LogP) is -0.220. The molecule has 2 rings (SSSR count). The van der Waals surface area contributed by atoms with Crippen molar-refractivity contribution in [3.05, 3.63) is 41.6 Å². The molecule has 9 heteroatoms. The first-order valence-corrected chi connectivity index (χ1v) is 8.49. The molecule has 0 saturated heterocycles. The van der Waals surface area contributed by atoms with Crippen LogP contribution in [0.4, 0.5) is 5.82 Å². The van der Waals surface area contributed by atoms with Crippen molar-refractivity contribution in [2.45, 2.75) is 24.8 Å². The second-order valence-electron chi connectivity index (χ2n) is 5.16. The lowest BCUT2D eigenvalue weighted by Crippen LogP contribution is -2.30. The molecule has 2 aromatic rings. The molecule has 0 radical (unpaired) electrons. The third-order valence-corrected chi connectivity index (χ3v) is 4.14. The van der Waals surface area contributed by atoms with Gasteiger partial charge in [0.25, 0.3) is 0 Å². The van der Waals surface area contributed by atoms with Crippen molar-refractivity contribution in [3.63, 3.8) is 0 Å². The molecule has 0 bridgehead atoms. The first kappa shape index (κ1) is 17.0. The Kier molecular flexibility index (Phi) is 5.02. The fourth-order valence-corrected chi connectivity index (χ4v) is 2.59. The Balaban J connectivity index is 1.82. The predicted molar refractivity (Wildman–Crippen MR) is 85.9 cm³/mol. The maximum absolute atomic E-state index is 11.8. The first-order chi connectivity index (χ1) is 10.8. The van der Waals surface area contributed by atoms with Crippen molar-refractivity contribution < 1.29 is 13.2 Å². The normalized spacial score (nSPS) is 11.4. The molecule has 0 saturated carbocycles. The number of sulfonamides is 1. The first-order valence-electron chi connectivity index (χ1n) is 6.94. The van der Waals surface area contributed by atoms with Crippen LogP contribution in [0, 0.1) is 6.92 Å². The summed E-state index contributed by atoms with van der Waals surface area (Å²) in [6.45, 7) is 2.29. The van der Waals surface area contributed by atoms with Gasteiger partial charge in [0.1, 0.15) is 12.4 Å². The van der Waals surface area contributed by atoms with Gasteiger partial charge in [-0.05, 0) is 31.0 Å². The van der Waals surface area contributed by atoms with Crippen molar-refractivity contribution in [1.82, 2.24) is 15.1 Å². The van der Waals surface area contributed by atoms with Crippen LogP contribution in [0.5, 0.6) is 0 Å². The number of anilines is 1. The Morgan fingerprint density at radius 1 is 1.30 bits per heavy atom. The largest absolute Gasteiger partial charge is 0.384 e. The molecular formula is C14H19N5O3S. The van der Waals surface area contributed by atoms with Crippen molar-refractivity contribution >= 4 is 21.7 Å². The number of nitrogens with zero attached hydrogens (tertiary/aromatic N) is 2. The Bertz CT molecular complexity index is 796. The number of aromatic nitrogens is 2. The highest BCUT2D eigenvalue weighted by Crippen LogP contribution is 2.09. The summed E-state index contributed by atoms with van der Waals surface area (Å²) in [4.78, 5) is 11.9. The number of hydrogen-bond acceptors (Lipinski definition) is 5. The molecule has 0 unspecified atom stereocenters. The minimum atomic E-state index is -3.68. The van der Waals surface area contributed by atoms with Gasteiger partial charge in [-0.25, -0.2) is 18.2 Å². The zero-order valence-electron chi connectivity index (χ0n) is 12.7. The van der Waals surface area contributed by atoms with Crippen molar-refractivity contribution in [2.75, 3.05) is 12.3 Å². The number of nitrogens with two attached hydrogens (primary N) is 2. The van der Waals surface area contributed by atoms with Crippen LogP contribution in [0.1, 0.15) is 11.3 Å². The van der Waals surface area contributed by atoms with E-state index in [9.17, 15) is 13.2 Å². The summed E-state index contributed by atoms with van der Waals surface area (Å²) in [6, 6.07) is 7.92.